The summed E-state index contributed by atoms with van der Waals surface area (Å²) in [6.07, 6.45) is 0. The van der Waals surface area contributed by atoms with E-state index in [4.69, 9.17) is 4.74 Å². The van der Waals surface area contributed by atoms with Crippen molar-refractivity contribution in [2.75, 3.05) is 7.11 Å². The fourth-order valence-corrected chi connectivity index (χ4v) is 1.71. The lowest BCUT2D eigenvalue weighted by atomic mass is 10.2. The van der Waals surface area contributed by atoms with Gasteiger partial charge in [-0.1, -0.05) is 12.1 Å². The Bertz CT molecular complexity index is 408. The maximum Gasteiger partial charge on any atom is 0.142 e. The smallest absolute Gasteiger partial charge is 0.142 e. The number of benzene rings is 1. The zero-order valence-corrected chi connectivity index (χ0v) is 8.18. The van der Waals surface area contributed by atoms with Gasteiger partial charge in [0.2, 0.25) is 0 Å². The van der Waals surface area contributed by atoms with E-state index in [0.717, 1.165) is 21.3 Å². The van der Waals surface area contributed by atoms with Gasteiger partial charge in [0.1, 0.15) is 5.75 Å². The average Bonchev–Trinajstić information content (AvgIpc) is 2.44. The highest BCUT2D eigenvalue weighted by atomic mass is 79.9. The first-order valence-electron chi connectivity index (χ1n) is 3.62. The van der Waals surface area contributed by atoms with E-state index in [1.807, 2.05) is 24.3 Å². The van der Waals surface area contributed by atoms with Crippen LogP contribution in [0.4, 0.5) is 0 Å². The minimum Gasteiger partial charge on any atom is -0.495 e. The van der Waals surface area contributed by atoms with E-state index in [0.29, 0.717) is 0 Å². The van der Waals surface area contributed by atoms with Gasteiger partial charge in [0.05, 0.1) is 17.2 Å². The van der Waals surface area contributed by atoms with Gasteiger partial charge in [-0.3, -0.25) is 0 Å². The first-order chi connectivity index (χ1) is 5.81. The van der Waals surface area contributed by atoms with E-state index >= 15 is 0 Å². The second-order valence-corrected chi connectivity index (χ2v) is 3.40. The van der Waals surface area contributed by atoms with E-state index in [1.54, 1.807) is 7.11 Å². The van der Waals surface area contributed by atoms with Crippen molar-refractivity contribution >= 4 is 26.8 Å². The Morgan fingerprint density at radius 3 is 3.00 bits per heavy atom. The molecule has 2 rings (SSSR count). The van der Waals surface area contributed by atoms with Gasteiger partial charge in [0, 0.05) is 5.39 Å². The predicted molar refractivity (Wildman–Crippen MR) is 52.6 cm³/mol. The quantitative estimate of drug-likeness (QED) is 0.794. The molecule has 0 fully saturated rings. The number of aromatic nitrogens is 1. The van der Waals surface area contributed by atoms with Gasteiger partial charge in [-0.2, -0.15) is 0 Å². The Hall–Kier alpha value is -0.960. The van der Waals surface area contributed by atoms with Crippen LogP contribution in [0.5, 0.6) is 5.75 Å². The Kier molecular flexibility index (Phi) is 1.81. The van der Waals surface area contributed by atoms with Crippen LogP contribution < -0.4 is 4.74 Å². The molecule has 1 aromatic heterocycles. The van der Waals surface area contributed by atoms with Crippen molar-refractivity contribution < 1.29 is 4.74 Å². The van der Waals surface area contributed by atoms with Gasteiger partial charge in [-0.05, 0) is 28.1 Å². The summed E-state index contributed by atoms with van der Waals surface area (Å²) in [5, 5.41) is 1.15. The second kappa shape index (κ2) is 2.83. The van der Waals surface area contributed by atoms with Crippen molar-refractivity contribution in [3.63, 3.8) is 0 Å². The zero-order valence-electron chi connectivity index (χ0n) is 6.60. The van der Waals surface area contributed by atoms with Crippen molar-refractivity contribution in [2.24, 2.45) is 0 Å². The lowest BCUT2D eigenvalue weighted by Crippen LogP contribution is -1.82. The monoisotopic (exact) mass is 225 g/mol. The summed E-state index contributed by atoms with van der Waals surface area (Å²) in [4.78, 5) is 3.17. The molecule has 2 aromatic rings. The molecular formula is C9H8BrNO. The Morgan fingerprint density at radius 2 is 2.25 bits per heavy atom. The van der Waals surface area contributed by atoms with Gasteiger partial charge in [0.15, 0.2) is 0 Å². The first kappa shape index (κ1) is 7.68. The number of para-hydroxylation sites is 1. The number of fused-ring (bicyclic) bond motifs is 1. The summed E-state index contributed by atoms with van der Waals surface area (Å²) in [7, 11) is 1.67. The van der Waals surface area contributed by atoms with Crippen LogP contribution >= 0.6 is 15.9 Å². The van der Waals surface area contributed by atoms with Crippen LogP contribution in [0, 0.1) is 0 Å². The number of hydrogen-bond donors (Lipinski definition) is 1. The molecule has 0 aliphatic carbocycles. The van der Waals surface area contributed by atoms with Gasteiger partial charge >= 0.3 is 0 Å². The molecule has 1 heterocycles. The van der Waals surface area contributed by atoms with Crippen LogP contribution in [0.15, 0.2) is 28.9 Å². The van der Waals surface area contributed by atoms with Gasteiger partial charge in [0.25, 0.3) is 0 Å². The molecule has 0 saturated heterocycles. The standard InChI is InChI=1S/C9H8BrNO/c1-12-7-4-2-3-6-5-8(10)11-9(6)7/h2-5,11H,1H3. The zero-order chi connectivity index (χ0) is 8.55. The van der Waals surface area contributed by atoms with Crippen molar-refractivity contribution in [2.45, 2.75) is 0 Å². The average molecular weight is 226 g/mol. The number of nitrogens with one attached hydrogen (secondary N) is 1. The molecular weight excluding hydrogens is 218 g/mol. The first-order valence-corrected chi connectivity index (χ1v) is 4.42. The third-order valence-electron chi connectivity index (χ3n) is 1.81. The molecule has 12 heavy (non-hydrogen) atoms. The van der Waals surface area contributed by atoms with Gasteiger partial charge < -0.3 is 9.72 Å². The summed E-state index contributed by atoms with van der Waals surface area (Å²) in [6, 6.07) is 7.98. The molecule has 3 heteroatoms. The molecule has 0 saturated carbocycles. The summed E-state index contributed by atoms with van der Waals surface area (Å²) in [6.45, 7) is 0. The largest absolute Gasteiger partial charge is 0.495 e. The maximum absolute atomic E-state index is 5.19. The third kappa shape index (κ3) is 1.10. The SMILES string of the molecule is COc1cccc2cc(Br)[nH]c12. The Balaban J connectivity index is 2.78. The summed E-state index contributed by atoms with van der Waals surface area (Å²) < 4.78 is 6.16. The number of H-pyrrole nitrogens is 1. The van der Waals surface area contributed by atoms with E-state index in [-0.39, 0.29) is 0 Å². The normalized spacial score (nSPS) is 10.5. The Labute approximate surface area is 78.7 Å². The van der Waals surface area contributed by atoms with Gasteiger partial charge in [-0.25, -0.2) is 0 Å². The molecule has 0 atom stereocenters. The number of hydrogen-bond acceptors (Lipinski definition) is 1. The van der Waals surface area contributed by atoms with Gasteiger partial charge in [-0.15, -0.1) is 0 Å². The molecule has 1 aromatic carbocycles. The summed E-state index contributed by atoms with van der Waals surface area (Å²) in [5.41, 5.74) is 1.03. The number of ether oxygens (including phenoxy) is 1. The molecule has 0 bridgehead atoms. The summed E-state index contributed by atoms with van der Waals surface area (Å²) in [5.74, 6) is 0.873. The molecule has 1 N–H and O–H groups in total. The molecule has 0 aliphatic rings. The molecule has 2 nitrogen and oxygen atoms in total. The lowest BCUT2D eigenvalue weighted by molar-refractivity contribution is 0.419. The second-order valence-electron chi connectivity index (χ2n) is 2.54. The lowest BCUT2D eigenvalue weighted by Gasteiger charge is -1.99. The Morgan fingerprint density at radius 1 is 1.42 bits per heavy atom. The van der Waals surface area contributed by atoms with Crippen LogP contribution in [-0.2, 0) is 0 Å². The number of halogens is 1. The van der Waals surface area contributed by atoms with Crippen molar-refractivity contribution in [1.29, 1.82) is 0 Å². The number of rotatable bonds is 1. The highest BCUT2D eigenvalue weighted by Gasteiger charge is 2.02. The summed E-state index contributed by atoms with van der Waals surface area (Å²) >= 11 is 3.38. The van der Waals surface area contributed by atoms with E-state index in [1.165, 1.54) is 0 Å². The van der Waals surface area contributed by atoms with Crippen molar-refractivity contribution in [1.82, 2.24) is 4.98 Å². The molecule has 0 unspecified atom stereocenters. The van der Waals surface area contributed by atoms with E-state index < -0.39 is 0 Å². The molecule has 0 radical (unpaired) electrons. The third-order valence-corrected chi connectivity index (χ3v) is 2.23. The predicted octanol–water partition coefficient (Wildman–Crippen LogP) is 2.94. The van der Waals surface area contributed by atoms with Crippen molar-refractivity contribution in [3.05, 3.63) is 28.9 Å². The topological polar surface area (TPSA) is 25.0 Å². The maximum atomic E-state index is 5.19. The van der Waals surface area contributed by atoms with Crippen molar-refractivity contribution in [3.8, 4) is 5.75 Å². The number of methoxy groups -OCH3 is 1. The van der Waals surface area contributed by atoms with Crippen LogP contribution in [-0.4, -0.2) is 12.1 Å². The molecule has 0 amide bonds. The fraction of sp³-hybridized carbons (Fsp3) is 0.111. The minimum atomic E-state index is 0.873. The highest BCUT2D eigenvalue weighted by molar-refractivity contribution is 9.10. The van der Waals surface area contributed by atoms with Crippen LogP contribution in [0.1, 0.15) is 0 Å². The highest BCUT2D eigenvalue weighted by Crippen LogP contribution is 2.26. The minimum absolute atomic E-state index is 0.873. The molecule has 62 valence electrons. The fourth-order valence-electron chi connectivity index (χ4n) is 1.26. The molecule has 0 aliphatic heterocycles. The van der Waals surface area contributed by atoms with Crippen LogP contribution in [0.3, 0.4) is 0 Å². The van der Waals surface area contributed by atoms with E-state index in [9.17, 15) is 0 Å². The van der Waals surface area contributed by atoms with Crippen LogP contribution in [0.25, 0.3) is 10.9 Å². The van der Waals surface area contributed by atoms with E-state index in [2.05, 4.69) is 20.9 Å². The molecule has 0 spiro atoms. The number of aromatic amines is 1. The van der Waals surface area contributed by atoms with Crippen LogP contribution in [0.2, 0.25) is 0 Å².